The third-order valence-electron chi connectivity index (χ3n) is 3.58. The number of nitrogens with two attached hydrogens (primary N) is 1. The number of hydrogen-bond donors (Lipinski definition) is 1. The molecule has 0 aliphatic rings. The normalized spacial score (nSPS) is 13.2. The minimum atomic E-state index is 0.0174. The van der Waals surface area contributed by atoms with Crippen LogP contribution in [0.2, 0.25) is 0 Å². The van der Waals surface area contributed by atoms with E-state index in [1.807, 2.05) is 0 Å². The molecule has 0 aliphatic heterocycles. The monoisotopic (exact) mass is 251 g/mol. The number of rotatable bonds is 6. The molecule has 1 aromatic rings. The van der Waals surface area contributed by atoms with Crippen LogP contribution >= 0.6 is 0 Å². The van der Waals surface area contributed by atoms with Gasteiger partial charge in [-0.2, -0.15) is 0 Å². The average Bonchev–Trinajstić information content (AvgIpc) is 2.32. The Hall–Kier alpha value is -1.29. The van der Waals surface area contributed by atoms with Gasteiger partial charge >= 0.3 is 0 Å². The van der Waals surface area contributed by atoms with Crippen LogP contribution < -0.4 is 11.3 Å². The smallest absolute Gasteiger partial charge is 0.250 e. The Bertz CT molecular complexity index is 425. The SMILES string of the molecule is CC(C)C(C)N(C)CCCn1cc(N)ccc1=O. The summed E-state index contributed by atoms with van der Waals surface area (Å²) in [4.78, 5) is 13.9. The third-order valence-corrected chi connectivity index (χ3v) is 3.58. The van der Waals surface area contributed by atoms with Crippen LogP contribution in [0.5, 0.6) is 0 Å². The van der Waals surface area contributed by atoms with Crippen LogP contribution in [0.25, 0.3) is 0 Å². The lowest BCUT2D eigenvalue weighted by atomic mass is 10.1. The second-order valence-electron chi connectivity index (χ2n) is 5.31. The van der Waals surface area contributed by atoms with E-state index < -0.39 is 0 Å². The molecular weight excluding hydrogens is 226 g/mol. The molecule has 0 spiro atoms. The van der Waals surface area contributed by atoms with Crippen LogP contribution in [0, 0.1) is 5.92 Å². The standard InChI is InChI=1S/C14H25N3O/c1-11(2)12(3)16(4)8-5-9-17-10-13(15)6-7-14(17)18/h6-7,10-12H,5,8-9,15H2,1-4H3. The lowest BCUT2D eigenvalue weighted by Gasteiger charge is -2.27. The molecule has 1 atom stereocenters. The highest BCUT2D eigenvalue weighted by Gasteiger charge is 2.12. The zero-order chi connectivity index (χ0) is 13.7. The number of nitrogens with zero attached hydrogens (tertiary/aromatic N) is 2. The second-order valence-corrected chi connectivity index (χ2v) is 5.31. The first kappa shape index (κ1) is 14.8. The highest BCUT2D eigenvalue weighted by molar-refractivity contribution is 5.33. The highest BCUT2D eigenvalue weighted by atomic mass is 16.1. The first-order valence-electron chi connectivity index (χ1n) is 6.58. The number of anilines is 1. The van der Waals surface area contributed by atoms with Crippen LogP contribution in [-0.2, 0) is 6.54 Å². The molecule has 0 saturated heterocycles. The fraction of sp³-hybridized carbons (Fsp3) is 0.643. The minimum Gasteiger partial charge on any atom is -0.398 e. The molecule has 18 heavy (non-hydrogen) atoms. The first-order valence-corrected chi connectivity index (χ1v) is 6.58. The number of aromatic nitrogens is 1. The molecule has 102 valence electrons. The largest absolute Gasteiger partial charge is 0.398 e. The van der Waals surface area contributed by atoms with E-state index in [9.17, 15) is 4.79 Å². The van der Waals surface area contributed by atoms with E-state index in [1.54, 1.807) is 16.8 Å². The zero-order valence-electron chi connectivity index (χ0n) is 11.9. The maximum absolute atomic E-state index is 11.6. The van der Waals surface area contributed by atoms with Crippen molar-refractivity contribution >= 4 is 5.69 Å². The van der Waals surface area contributed by atoms with Crippen molar-refractivity contribution in [3.8, 4) is 0 Å². The van der Waals surface area contributed by atoms with E-state index >= 15 is 0 Å². The molecule has 1 unspecified atom stereocenters. The molecule has 0 fully saturated rings. The van der Waals surface area contributed by atoms with Crippen molar-refractivity contribution < 1.29 is 0 Å². The number of hydrogen-bond acceptors (Lipinski definition) is 3. The van der Waals surface area contributed by atoms with E-state index in [4.69, 9.17) is 5.73 Å². The first-order chi connectivity index (χ1) is 8.41. The quantitative estimate of drug-likeness (QED) is 0.838. The molecule has 0 bridgehead atoms. The fourth-order valence-corrected chi connectivity index (χ4v) is 1.93. The summed E-state index contributed by atoms with van der Waals surface area (Å²) < 4.78 is 1.68. The minimum absolute atomic E-state index is 0.0174. The summed E-state index contributed by atoms with van der Waals surface area (Å²) in [6.07, 6.45) is 2.67. The molecule has 0 amide bonds. The van der Waals surface area contributed by atoms with Gasteiger partial charge in [-0.1, -0.05) is 13.8 Å². The molecule has 1 aromatic heterocycles. The van der Waals surface area contributed by atoms with Crippen molar-refractivity contribution in [1.82, 2.24) is 9.47 Å². The maximum Gasteiger partial charge on any atom is 0.250 e. The van der Waals surface area contributed by atoms with Gasteiger partial charge in [0.25, 0.3) is 5.56 Å². The lowest BCUT2D eigenvalue weighted by molar-refractivity contribution is 0.203. The van der Waals surface area contributed by atoms with Crippen molar-refractivity contribution in [3.05, 3.63) is 28.7 Å². The second kappa shape index (κ2) is 6.59. The van der Waals surface area contributed by atoms with Gasteiger partial charge in [0.15, 0.2) is 0 Å². The number of aryl methyl sites for hydroxylation is 1. The average molecular weight is 251 g/mol. The highest BCUT2D eigenvalue weighted by Crippen LogP contribution is 2.08. The van der Waals surface area contributed by atoms with Crippen molar-refractivity contribution in [2.45, 2.75) is 39.8 Å². The van der Waals surface area contributed by atoms with Gasteiger partial charge in [-0.15, -0.1) is 0 Å². The van der Waals surface area contributed by atoms with Gasteiger partial charge in [-0.3, -0.25) is 4.79 Å². The third kappa shape index (κ3) is 4.18. The van der Waals surface area contributed by atoms with E-state index in [1.165, 1.54) is 6.07 Å². The van der Waals surface area contributed by atoms with Crippen LogP contribution in [0.1, 0.15) is 27.2 Å². The zero-order valence-corrected chi connectivity index (χ0v) is 11.9. The molecule has 0 saturated carbocycles. The molecule has 0 aromatic carbocycles. The van der Waals surface area contributed by atoms with Crippen LogP contribution in [0.4, 0.5) is 5.69 Å². The summed E-state index contributed by atoms with van der Waals surface area (Å²) in [5, 5.41) is 0. The molecule has 1 rings (SSSR count). The van der Waals surface area contributed by atoms with Gasteiger partial charge in [0.1, 0.15) is 0 Å². The van der Waals surface area contributed by atoms with E-state index in [2.05, 4.69) is 32.7 Å². The Morgan fingerprint density at radius 3 is 2.61 bits per heavy atom. The van der Waals surface area contributed by atoms with Gasteiger partial charge in [-0.05, 0) is 38.9 Å². The summed E-state index contributed by atoms with van der Waals surface area (Å²) in [5.74, 6) is 0.644. The summed E-state index contributed by atoms with van der Waals surface area (Å²) in [6.45, 7) is 8.39. The van der Waals surface area contributed by atoms with E-state index in [0.717, 1.165) is 19.5 Å². The van der Waals surface area contributed by atoms with Gasteiger partial charge in [0, 0.05) is 30.5 Å². The molecule has 0 aliphatic carbocycles. The number of nitrogen functional groups attached to an aromatic ring is 1. The maximum atomic E-state index is 11.6. The summed E-state index contributed by atoms with van der Waals surface area (Å²) in [5.41, 5.74) is 6.33. The van der Waals surface area contributed by atoms with E-state index in [-0.39, 0.29) is 5.56 Å². The molecule has 4 nitrogen and oxygen atoms in total. The Morgan fingerprint density at radius 1 is 1.33 bits per heavy atom. The van der Waals surface area contributed by atoms with Crippen LogP contribution in [0.15, 0.2) is 23.1 Å². The van der Waals surface area contributed by atoms with Gasteiger partial charge in [0.05, 0.1) is 0 Å². The Kier molecular flexibility index (Phi) is 5.41. The molecule has 4 heteroatoms. The molecular formula is C14H25N3O. The van der Waals surface area contributed by atoms with E-state index in [0.29, 0.717) is 17.6 Å². The number of pyridine rings is 1. The van der Waals surface area contributed by atoms with Crippen molar-refractivity contribution in [3.63, 3.8) is 0 Å². The van der Waals surface area contributed by atoms with Gasteiger partial charge in [0.2, 0.25) is 0 Å². The molecule has 1 heterocycles. The van der Waals surface area contributed by atoms with Crippen molar-refractivity contribution in [2.24, 2.45) is 5.92 Å². The summed E-state index contributed by atoms with van der Waals surface area (Å²) >= 11 is 0. The van der Waals surface area contributed by atoms with Crippen molar-refractivity contribution in [1.29, 1.82) is 0 Å². The Morgan fingerprint density at radius 2 is 2.00 bits per heavy atom. The van der Waals surface area contributed by atoms with Crippen LogP contribution in [-0.4, -0.2) is 29.1 Å². The van der Waals surface area contributed by atoms with Crippen molar-refractivity contribution in [2.75, 3.05) is 19.3 Å². The fourth-order valence-electron chi connectivity index (χ4n) is 1.93. The molecule has 2 N–H and O–H groups in total. The Balaban J connectivity index is 2.47. The topological polar surface area (TPSA) is 51.3 Å². The predicted molar refractivity (Wildman–Crippen MR) is 76.7 cm³/mol. The molecule has 0 radical (unpaired) electrons. The lowest BCUT2D eigenvalue weighted by Crippen LogP contribution is -2.34. The van der Waals surface area contributed by atoms with Gasteiger partial charge < -0.3 is 15.2 Å². The summed E-state index contributed by atoms with van der Waals surface area (Å²) in [6, 6.07) is 3.73. The summed E-state index contributed by atoms with van der Waals surface area (Å²) in [7, 11) is 2.13. The van der Waals surface area contributed by atoms with Crippen LogP contribution in [0.3, 0.4) is 0 Å². The van der Waals surface area contributed by atoms with Gasteiger partial charge in [-0.25, -0.2) is 0 Å². The predicted octanol–water partition coefficient (Wildman–Crippen LogP) is 1.80. The Labute approximate surface area is 109 Å².